The molecule has 1 saturated heterocycles. The first kappa shape index (κ1) is 14.9. The summed E-state index contributed by atoms with van der Waals surface area (Å²) >= 11 is 0. The number of hydrogen-bond acceptors (Lipinski definition) is 3. The zero-order valence-corrected chi connectivity index (χ0v) is 13.2. The molecule has 5 heteroatoms. The number of aromatic amines is 1. The molecule has 3 aromatic rings. The molecular weight excluding hydrogens is 303 g/mol. The standard InChI is InChI=1S/C19H17FN4/c20-16-4-5-17-18(9-16)23-19(22-17)15-6-7-24(12-15)11-14-3-1-2-13(8-14)10-21/h1-5,8-9,15H,6-7,11-12H2,(H,22,23)/t15-/m0/s1. The van der Waals surface area contributed by atoms with Crippen LogP contribution in [0.1, 0.15) is 29.3 Å². The van der Waals surface area contributed by atoms with Crippen LogP contribution in [0.25, 0.3) is 11.0 Å². The number of hydrogen-bond donors (Lipinski definition) is 1. The summed E-state index contributed by atoms with van der Waals surface area (Å²) in [6.07, 6.45) is 1.03. The smallest absolute Gasteiger partial charge is 0.125 e. The van der Waals surface area contributed by atoms with E-state index in [1.807, 2.05) is 18.2 Å². The molecule has 4 nitrogen and oxygen atoms in total. The second-order valence-corrected chi connectivity index (χ2v) is 6.32. The molecule has 1 aliphatic rings. The molecule has 2 aromatic carbocycles. The van der Waals surface area contributed by atoms with Crippen LogP contribution in [0.4, 0.5) is 4.39 Å². The van der Waals surface area contributed by atoms with Crippen LogP contribution in [-0.4, -0.2) is 28.0 Å². The Morgan fingerprint density at radius 1 is 1.29 bits per heavy atom. The predicted molar refractivity (Wildman–Crippen MR) is 89.8 cm³/mol. The van der Waals surface area contributed by atoms with Gasteiger partial charge in [0.1, 0.15) is 11.6 Å². The van der Waals surface area contributed by atoms with Crippen molar-refractivity contribution in [2.45, 2.75) is 18.9 Å². The number of nitrogens with one attached hydrogen (secondary N) is 1. The van der Waals surface area contributed by atoms with Gasteiger partial charge in [0.25, 0.3) is 0 Å². The molecule has 1 atom stereocenters. The largest absolute Gasteiger partial charge is 0.342 e. The van der Waals surface area contributed by atoms with Crippen LogP contribution in [0.3, 0.4) is 0 Å². The molecule has 0 bridgehead atoms. The number of H-pyrrole nitrogens is 1. The molecule has 24 heavy (non-hydrogen) atoms. The first-order valence-corrected chi connectivity index (χ1v) is 8.08. The second kappa shape index (κ2) is 6.06. The van der Waals surface area contributed by atoms with Crippen molar-refractivity contribution in [1.82, 2.24) is 14.9 Å². The predicted octanol–water partition coefficient (Wildman–Crippen LogP) is 3.56. The third-order valence-electron chi connectivity index (χ3n) is 4.58. The van der Waals surface area contributed by atoms with E-state index in [1.165, 1.54) is 12.1 Å². The van der Waals surface area contributed by atoms with Gasteiger partial charge in [-0.15, -0.1) is 0 Å². The Labute approximate surface area is 139 Å². The van der Waals surface area contributed by atoms with Crippen LogP contribution in [0.2, 0.25) is 0 Å². The molecule has 1 fully saturated rings. The van der Waals surface area contributed by atoms with Gasteiger partial charge < -0.3 is 4.98 Å². The molecule has 1 N–H and O–H groups in total. The highest BCUT2D eigenvalue weighted by Crippen LogP contribution is 2.28. The van der Waals surface area contributed by atoms with Gasteiger partial charge in [-0.1, -0.05) is 12.1 Å². The first-order valence-electron chi connectivity index (χ1n) is 8.08. The molecule has 0 unspecified atom stereocenters. The van der Waals surface area contributed by atoms with Gasteiger partial charge >= 0.3 is 0 Å². The number of likely N-dealkylation sites (tertiary alicyclic amines) is 1. The molecule has 2 heterocycles. The normalized spacial score (nSPS) is 18.1. The van der Waals surface area contributed by atoms with Gasteiger partial charge in [0.2, 0.25) is 0 Å². The van der Waals surface area contributed by atoms with Crippen molar-refractivity contribution in [2.24, 2.45) is 0 Å². The maximum Gasteiger partial charge on any atom is 0.125 e. The summed E-state index contributed by atoms with van der Waals surface area (Å²) < 4.78 is 13.3. The van der Waals surface area contributed by atoms with E-state index in [-0.39, 0.29) is 5.82 Å². The van der Waals surface area contributed by atoms with Crippen LogP contribution in [0, 0.1) is 17.1 Å². The minimum Gasteiger partial charge on any atom is -0.342 e. The Balaban J connectivity index is 1.48. The molecule has 1 aromatic heterocycles. The van der Waals surface area contributed by atoms with Crippen LogP contribution in [0.5, 0.6) is 0 Å². The monoisotopic (exact) mass is 320 g/mol. The third kappa shape index (κ3) is 2.89. The molecule has 0 saturated carbocycles. The first-order chi connectivity index (χ1) is 11.7. The van der Waals surface area contributed by atoms with Crippen LogP contribution in [-0.2, 0) is 6.54 Å². The van der Waals surface area contributed by atoms with Crippen molar-refractivity contribution < 1.29 is 4.39 Å². The fourth-order valence-corrected chi connectivity index (χ4v) is 3.39. The highest BCUT2D eigenvalue weighted by molar-refractivity contribution is 5.75. The quantitative estimate of drug-likeness (QED) is 0.803. The summed E-state index contributed by atoms with van der Waals surface area (Å²) in [5.41, 5.74) is 3.42. The summed E-state index contributed by atoms with van der Waals surface area (Å²) in [4.78, 5) is 10.2. The summed E-state index contributed by atoms with van der Waals surface area (Å²) in [5.74, 6) is 1.02. The number of halogens is 1. The molecular formula is C19H17FN4. The zero-order chi connectivity index (χ0) is 16.5. The summed E-state index contributed by atoms with van der Waals surface area (Å²) in [5, 5.41) is 9.00. The Bertz CT molecular complexity index is 925. The maximum absolute atomic E-state index is 13.3. The van der Waals surface area contributed by atoms with Crippen molar-refractivity contribution in [3.05, 3.63) is 65.2 Å². The third-order valence-corrected chi connectivity index (χ3v) is 4.58. The van der Waals surface area contributed by atoms with E-state index in [0.29, 0.717) is 11.5 Å². The summed E-state index contributed by atoms with van der Waals surface area (Å²) in [6.45, 7) is 2.74. The average molecular weight is 320 g/mol. The highest BCUT2D eigenvalue weighted by atomic mass is 19.1. The van der Waals surface area contributed by atoms with E-state index in [0.717, 1.165) is 48.5 Å². The SMILES string of the molecule is N#Cc1cccc(CN2CC[C@H](c3nc4ccc(F)cc4[nH]3)C2)c1. The molecule has 120 valence electrons. The van der Waals surface area contributed by atoms with Crippen LogP contribution >= 0.6 is 0 Å². The zero-order valence-electron chi connectivity index (χ0n) is 13.2. The van der Waals surface area contributed by atoms with E-state index < -0.39 is 0 Å². The topological polar surface area (TPSA) is 55.7 Å². The fourth-order valence-electron chi connectivity index (χ4n) is 3.39. The average Bonchev–Trinajstić information content (AvgIpc) is 3.21. The van der Waals surface area contributed by atoms with Crippen molar-refractivity contribution in [1.29, 1.82) is 5.26 Å². The lowest BCUT2D eigenvalue weighted by Gasteiger charge is -2.15. The minimum atomic E-state index is -0.247. The number of fused-ring (bicyclic) bond motifs is 1. The molecule has 4 rings (SSSR count). The molecule has 0 spiro atoms. The number of rotatable bonds is 3. The van der Waals surface area contributed by atoms with Crippen molar-refractivity contribution >= 4 is 11.0 Å². The van der Waals surface area contributed by atoms with Gasteiger partial charge in [-0.2, -0.15) is 5.26 Å². The van der Waals surface area contributed by atoms with E-state index in [4.69, 9.17) is 5.26 Å². The van der Waals surface area contributed by atoms with E-state index >= 15 is 0 Å². The molecule has 0 amide bonds. The van der Waals surface area contributed by atoms with Gasteiger partial charge in [0.05, 0.1) is 22.7 Å². The summed E-state index contributed by atoms with van der Waals surface area (Å²) in [6, 6.07) is 14.6. The lowest BCUT2D eigenvalue weighted by atomic mass is 10.1. The Hall–Kier alpha value is -2.71. The molecule has 0 radical (unpaired) electrons. The van der Waals surface area contributed by atoms with Gasteiger partial charge in [-0.05, 0) is 48.9 Å². The highest BCUT2D eigenvalue weighted by Gasteiger charge is 2.26. The van der Waals surface area contributed by atoms with E-state index in [1.54, 1.807) is 6.07 Å². The van der Waals surface area contributed by atoms with Crippen molar-refractivity contribution in [2.75, 3.05) is 13.1 Å². The molecule has 1 aliphatic heterocycles. The fraction of sp³-hybridized carbons (Fsp3) is 0.263. The number of nitrogens with zero attached hydrogens (tertiary/aromatic N) is 3. The van der Waals surface area contributed by atoms with Gasteiger partial charge in [-0.25, -0.2) is 9.37 Å². The Kier molecular flexibility index (Phi) is 3.75. The van der Waals surface area contributed by atoms with Crippen molar-refractivity contribution in [3.8, 4) is 6.07 Å². The lowest BCUT2D eigenvalue weighted by Crippen LogP contribution is -2.20. The second-order valence-electron chi connectivity index (χ2n) is 6.32. The Morgan fingerprint density at radius 2 is 2.21 bits per heavy atom. The number of nitriles is 1. The van der Waals surface area contributed by atoms with Crippen molar-refractivity contribution in [3.63, 3.8) is 0 Å². The van der Waals surface area contributed by atoms with Crippen LogP contribution in [0.15, 0.2) is 42.5 Å². The van der Waals surface area contributed by atoms with Crippen LogP contribution < -0.4 is 0 Å². The molecule has 0 aliphatic carbocycles. The minimum absolute atomic E-state index is 0.247. The number of imidazole rings is 1. The number of aromatic nitrogens is 2. The van der Waals surface area contributed by atoms with E-state index in [9.17, 15) is 4.39 Å². The van der Waals surface area contributed by atoms with E-state index in [2.05, 4.69) is 27.0 Å². The summed E-state index contributed by atoms with van der Waals surface area (Å²) in [7, 11) is 0. The lowest BCUT2D eigenvalue weighted by molar-refractivity contribution is 0.326. The van der Waals surface area contributed by atoms with Gasteiger partial charge in [-0.3, -0.25) is 4.90 Å². The maximum atomic E-state index is 13.3. The van der Waals surface area contributed by atoms with Gasteiger partial charge in [0.15, 0.2) is 0 Å². The van der Waals surface area contributed by atoms with Gasteiger partial charge in [0, 0.05) is 19.0 Å². The Morgan fingerprint density at radius 3 is 3.08 bits per heavy atom. The number of benzene rings is 2.